The summed E-state index contributed by atoms with van der Waals surface area (Å²) in [6.07, 6.45) is 8.82. The highest BCUT2D eigenvalue weighted by molar-refractivity contribution is 7.15. The van der Waals surface area contributed by atoms with Crippen molar-refractivity contribution in [3.05, 3.63) is 10.6 Å². The van der Waals surface area contributed by atoms with Crippen molar-refractivity contribution in [2.24, 2.45) is 5.73 Å². The molecule has 1 aromatic heterocycles. The van der Waals surface area contributed by atoms with Crippen LogP contribution >= 0.6 is 23.7 Å². The fourth-order valence-electron chi connectivity index (χ4n) is 2.40. The SMILES string of the molecule is CCCC(N)C(=O)Nc1nc2c(s1)CCCCCC2.Cl. The Morgan fingerprint density at radius 3 is 2.75 bits per heavy atom. The summed E-state index contributed by atoms with van der Waals surface area (Å²) >= 11 is 1.62. The summed E-state index contributed by atoms with van der Waals surface area (Å²) in [6, 6.07) is -0.420. The molecule has 2 rings (SSSR count). The number of aromatic nitrogens is 1. The van der Waals surface area contributed by atoms with Gasteiger partial charge in [0.25, 0.3) is 0 Å². The molecule has 3 N–H and O–H groups in total. The third kappa shape index (κ3) is 4.72. The summed E-state index contributed by atoms with van der Waals surface area (Å²) in [5, 5.41) is 3.59. The van der Waals surface area contributed by atoms with Crippen LogP contribution < -0.4 is 11.1 Å². The molecule has 0 saturated heterocycles. The third-order valence-electron chi connectivity index (χ3n) is 3.51. The summed E-state index contributed by atoms with van der Waals surface area (Å²) in [4.78, 5) is 17.8. The molecular formula is C14H24ClN3OS. The quantitative estimate of drug-likeness (QED) is 0.895. The fraction of sp³-hybridized carbons (Fsp3) is 0.714. The summed E-state index contributed by atoms with van der Waals surface area (Å²) in [5.74, 6) is -0.108. The van der Waals surface area contributed by atoms with E-state index in [0.29, 0.717) is 0 Å². The molecule has 114 valence electrons. The van der Waals surface area contributed by atoms with Gasteiger partial charge in [-0.05, 0) is 32.1 Å². The number of anilines is 1. The van der Waals surface area contributed by atoms with Crippen LogP contribution in [-0.2, 0) is 17.6 Å². The lowest BCUT2D eigenvalue weighted by Crippen LogP contribution is -2.35. The van der Waals surface area contributed by atoms with Gasteiger partial charge in [-0.2, -0.15) is 0 Å². The molecule has 0 spiro atoms. The van der Waals surface area contributed by atoms with Crippen LogP contribution in [0, 0.1) is 0 Å². The van der Waals surface area contributed by atoms with Gasteiger partial charge in [0.15, 0.2) is 5.13 Å². The van der Waals surface area contributed by atoms with Gasteiger partial charge in [0.1, 0.15) is 0 Å². The second-order valence-electron chi connectivity index (χ2n) is 5.19. The summed E-state index contributed by atoms with van der Waals surface area (Å²) in [5.41, 5.74) is 7.00. The molecule has 6 heteroatoms. The predicted molar refractivity (Wildman–Crippen MR) is 86.8 cm³/mol. The number of nitrogens with two attached hydrogens (primary N) is 1. The molecule has 0 fully saturated rings. The molecule has 0 aliphatic heterocycles. The zero-order valence-electron chi connectivity index (χ0n) is 12.0. The van der Waals surface area contributed by atoms with E-state index in [1.165, 1.54) is 36.3 Å². The van der Waals surface area contributed by atoms with E-state index in [-0.39, 0.29) is 18.3 Å². The van der Waals surface area contributed by atoms with Crippen LogP contribution in [0.5, 0.6) is 0 Å². The van der Waals surface area contributed by atoms with Gasteiger partial charge in [-0.3, -0.25) is 4.79 Å². The van der Waals surface area contributed by atoms with Crippen molar-refractivity contribution >= 4 is 34.8 Å². The number of nitrogens with zero attached hydrogens (tertiary/aromatic N) is 1. The van der Waals surface area contributed by atoms with Gasteiger partial charge >= 0.3 is 0 Å². The predicted octanol–water partition coefficient (Wildman–Crippen LogP) is 3.29. The maximum Gasteiger partial charge on any atom is 0.243 e. The van der Waals surface area contributed by atoms with Crippen molar-refractivity contribution in [2.75, 3.05) is 5.32 Å². The minimum atomic E-state index is -0.420. The first kappa shape index (κ1) is 17.4. The Hall–Kier alpha value is -0.650. The Balaban J connectivity index is 0.00000200. The Labute approximate surface area is 131 Å². The van der Waals surface area contributed by atoms with Crippen LogP contribution in [0.4, 0.5) is 5.13 Å². The normalized spacial score (nSPS) is 16.3. The molecular weight excluding hydrogens is 294 g/mol. The smallest absolute Gasteiger partial charge is 0.243 e. The van der Waals surface area contributed by atoms with E-state index in [1.807, 2.05) is 6.92 Å². The van der Waals surface area contributed by atoms with E-state index in [4.69, 9.17) is 5.73 Å². The molecule has 1 unspecified atom stereocenters. The molecule has 1 aliphatic rings. The summed E-state index contributed by atoms with van der Waals surface area (Å²) < 4.78 is 0. The minimum absolute atomic E-state index is 0. The van der Waals surface area contributed by atoms with Crippen molar-refractivity contribution in [3.8, 4) is 0 Å². The molecule has 20 heavy (non-hydrogen) atoms. The van der Waals surface area contributed by atoms with Gasteiger partial charge in [0.2, 0.25) is 5.91 Å². The number of nitrogens with one attached hydrogen (secondary N) is 1. The third-order valence-corrected chi connectivity index (χ3v) is 4.59. The number of aryl methyl sites for hydroxylation is 2. The number of fused-ring (bicyclic) bond motifs is 1. The number of rotatable bonds is 4. The van der Waals surface area contributed by atoms with E-state index >= 15 is 0 Å². The first-order chi connectivity index (χ1) is 9.20. The topological polar surface area (TPSA) is 68.0 Å². The Bertz CT molecular complexity index is 411. The maximum absolute atomic E-state index is 11.9. The summed E-state index contributed by atoms with van der Waals surface area (Å²) in [6.45, 7) is 2.03. The fourth-order valence-corrected chi connectivity index (χ4v) is 3.45. The molecule has 0 aromatic carbocycles. The second-order valence-corrected chi connectivity index (χ2v) is 6.27. The molecule has 0 radical (unpaired) electrons. The first-order valence-corrected chi connectivity index (χ1v) is 8.07. The zero-order chi connectivity index (χ0) is 13.7. The molecule has 0 bridgehead atoms. The van der Waals surface area contributed by atoms with E-state index in [0.717, 1.165) is 30.8 Å². The number of halogens is 1. The number of amides is 1. The lowest BCUT2D eigenvalue weighted by molar-refractivity contribution is -0.117. The number of hydrogen-bond donors (Lipinski definition) is 2. The number of hydrogen-bond acceptors (Lipinski definition) is 4. The number of carbonyl (C=O) groups is 1. The van der Waals surface area contributed by atoms with Crippen molar-refractivity contribution in [1.82, 2.24) is 4.98 Å². The van der Waals surface area contributed by atoms with E-state index in [2.05, 4.69) is 10.3 Å². The summed E-state index contributed by atoms with van der Waals surface area (Å²) in [7, 11) is 0. The molecule has 1 heterocycles. The van der Waals surface area contributed by atoms with Crippen LogP contribution in [0.3, 0.4) is 0 Å². The van der Waals surface area contributed by atoms with Crippen LogP contribution in [0.1, 0.15) is 56.0 Å². The van der Waals surface area contributed by atoms with Crippen molar-refractivity contribution in [2.45, 2.75) is 64.3 Å². The largest absolute Gasteiger partial charge is 0.320 e. The highest BCUT2D eigenvalue weighted by Gasteiger charge is 2.17. The van der Waals surface area contributed by atoms with Gasteiger partial charge in [0.05, 0.1) is 11.7 Å². The standard InChI is InChI=1S/C14H23N3OS.ClH/c1-2-7-10(15)13(18)17-14-16-11-8-5-3-4-6-9-12(11)19-14;/h10H,2-9,15H2,1H3,(H,16,17,18);1H. The highest BCUT2D eigenvalue weighted by atomic mass is 35.5. The van der Waals surface area contributed by atoms with E-state index in [1.54, 1.807) is 11.3 Å². The maximum atomic E-state index is 11.9. The average molecular weight is 318 g/mol. The van der Waals surface area contributed by atoms with Crippen molar-refractivity contribution < 1.29 is 4.79 Å². The van der Waals surface area contributed by atoms with Crippen LogP contribution in [0.15, 0.2) is 0 Å². The van der Waals surface area contributed by atoms with Gasteiger partial charge < -0.3 is 11.1 Å². The minimum Gasteiger partial charge on any atom is -0.320 e. The Kier molecular flexibility index (Phi) is 7.48. The number of carbonyl (C=O) groups excluding carboxylic acids is 1. The molecule has 4 nitrogen and oxygen atoms in total. The first-order valence-electron chi connectivity index (χ1n) is 7.25. The van der Waals surface area contributed by atoms with Crippen molar-refractivity contribution in [1.29, 1.82) is 0 Å². The number of thiazole rings is 1. The molecule has 1 aromatic rings. The lowest BCUT2D eigenvalue weighted by atomic mass is 10.0. The van der Waals surface area contributed by atoms with Crippen LogP contribution in [0.2, 0.25) is 0 Å². The average Bonchev–Trinajstić information content (AvgIpc) is 2.71. The lowest BCUT2D eigenvalue weighted by Gasteiger charge is -2.08. The Morgan fingerprint density at radius 2 is 2.05 bits per heavy atom. The van der Waals surface area contributed by atoms with E-state index in [9.17, 15) is 4.79 Å². The molecule has 0 saturated carbocycles. The molecule has 1 aliphatic carbocycles. The monoisotopic (exact) mass is 317 g/mol. The molecule has 1 amide bonds. The van der Waals surface area contributed by atoms with Crippen LogP contribution in [0.25, 0.3) is 0 Å². The van der Waals surface area contributed by atoms with Crippen molar-refractivity contribution in [3.63, 3.8) is 0 Å². The van der Waals surface area contributed by atoms with E-state index < -0.39 is 6.04 Å². The van der Waals surface area contributed by atoms with Gasteiger partial charge in [-0.25, -0.2) is 4.98 Å². The highest BCUT2D eigenvalue weighted by Crippen LogP contribution is 2.28. The second kappa shape index (κ2) is 8.60. The molecule has 1 atom stereocenters. The van der Waals surface area contributed by atoms with Crippen LogP contribution in [-0.4, -0.2) is 16.9 Å². The Morgan fingerprint density at radius 1 is 1.35 bits per heavy atom. The van der Waals surface area contributed by atoms with Gasteiger partial charge in [-0.1, -0.05) is 26.2 Å². The van der Waals surface area contributed by atoms with Gasteiger partial charge in [-0.15, -0.1) is 23.7 Å². The van der Waals surface area contributed by atoms with Gasteiger partial charge in [0, 0.05) is 4.88 Å². The zero-order valence-corrected chi connectivity index (χ0v) is 13.6.